The van der Waals surface area contributed by atoms with Crippen LogP contribution >= 0.6 is 7.82 Å². The van der Waals surface area contributed by atoms with Gasteiger partial charge in [-0.3, -0.25) is 18.6 Å². The number of likely N-dealkylation sites (N-methyl/N-ethyl adjacent to an activating group) is 1. The Morgan fingerprint density at radius 3 is 1.47 bits per heavy atom. The van der Waals surface area contributed by atoms with Crippen LogP contribution in [0.1, 0.15) is 206 Å². The highest BCUT2D eigenvalue weighted by Gasteiger charge is 2.26. The third kappa shape index (κ3) is 41.9. The third-order valence-electron chi connectivity index (χ3n) is 9.76. The van der Waals surface area contributed by atoms with Gasteiger partial charge in [-0.1, -0.05) is 173 Å². The number of allylic oxidation sites excluding steroid dienone is 4. The van der Waals surface area contributed by atoms with E-state index in [1.54, 1.807) is 0 Å². The van der Waals surface area contributed by atoms with E-state index >= 15 is 0 Å². The number of carbonyl (C=O) groups excluding carboxylic acids is 2. The summed E-state index contributed by atoms with van der Waals surface area (Å²) in [6, 6.07) is 0. The molecule has 0 aromatic heterocycles. The first-order valence-corrected chi connectivity index (χ1v) is 24.1. The van der Waals surface area contributed by atoms with Crippen molar-refractivity contribution < 1.29 is 37.6 Å². The van der Waals surface area contributed by atoms with E-state index in [0.717, 1.165) is 38.5 Å². The van der Waals surface area contributed by atoms with Gasteiger partial charge in [0.2, 0.25) is 0 Å². The normalized spacial score (nSPS) is 13.6. The van der Waals surface area contributed by atoms with Crippen LogP contribution in [-0.2, 0) is 32.7 Å². The van der Waals surface area contributed by atoms with Crippen LogP contribution in [0, 0.1) is 0 Å². The van der Waals surface area contributed by atoms with Crippen LogP contribution in [0.3, 0.4) is 0 Å². The summed E-state index contributed by atoms with van der Waals surface area (Å²) in [6.45, 7) is 4.31. The Balaban J connectivity index is 4.22. The predicted molar refractivity (Wildman–Crippen MR) is 229 cm³/mol. The molecule has 0 aliphatic rings. The zero-order chi connectivity index (χ0) is 40.5. The van der Waals surface area contributed by atoms with E-state index in [-0.39, 0.29) is 32.0 Å². The highest BCUT2D eigenvalue weighted by atomic mass is 31.2. The number of hydrogen-bond donors (Lipinski definition) is 1. The predicted octanol–water partition coefficient (Wildman–Crippen LogP) is 13.0. The van der Waals surface area contributed by atoms with Crippen LogP contribution in [0.15, 0.2) is 24.3 Å². The monoisotopic (exact) mass is 800 g/mol. The zero-order valence-electron chi connectivity index (χ0n) is 36.1. The summed E-state index contributed by atoms with van der Waals surface area (Å²) < 4.78 is 33.5. The minimum absolute atomic E-state index is 0.00877. The molecule has 0 aliphatic heterocycles. The Morgan fingerprint density at radius 1 is 0.564 bits per heavy atom. The summed E-state index contributed by atoms with van der Waals surface area (Å²) in [7, 11) is -0.707. The molecular weight excluding hydrogens is 713 g/mol. The van der Waals surface area contributed by atoms with E-state index in [4.69, 9.17) is 18.5 Å². The molecule has 2 atom stereocenters. The van der Waals surface area contributed by atoms with Gasteiger partial charge < -0.3 is 19.3 Å². The van der Waals surface area contributed by atoms with Crippen molar-refractivity contribution in [2.75, 3.05) is 40.5 Å². The lowest BCUT2D eigenvalue weighted by Gasteiger charge is -2.20. The minimum Gasteiger partial charge on any atom is -0.462 e. The number of hydrogen-bond acceptors (Lipinski definition) is 8. The molecule has 0 saturated carbocycles. The minimum atomic E-state index is -4.36. The number of unbranched alkanes of at least 4 members (excludes halogenated alkanes) is 24. The second-order valence-electron chi connectivity index (χ2n) is 15.6. The summed E-state index contributed by atoms with van der Waals surface area (Å²) in [6.07, 6.45) is 42.2. The third-order valence-corrected chi connectivity index (χ3v) is 10.7. The van der Waals surface area contributed by atoms with Gasteiger partial charge in [0.25, 0.3) is 0 Å². The van der Waals surface area contributed by atoms with E-state index in [0.29, 0.717) is 13.0 Å². The lowest BCUT2D eigenvalue weighted by Crippen LogP contribution is -2.29. The summed E-state index contributed by atoms with van der Waals surface area (Å²) in [5.41, 5.74) is 0. The number of phosphoric ester groups is 1. The highest BCUT2D eigenvalue weighted by molar-refractivity contribution is 7.47. The van der Waals surface area contributed by atoms with E-state index < -0.39 is 26.5 Å². The van der Waals surface area contributed by atoms with Crippen molar-refractivity contribution in [3.05, 3.63) is 24.3 Å². The van der Waals surface area contributed by atoms with Crippen molar-refractivity contribution in [3.63, 3.8) is 0 Å². The summed E-state index contributed by atoms with van der Waals surface area (Å²) in [5, 5.41) is 0. The fraction of sp³-hybridized carbons (Fsp3) is 0.867. The molecular formula is C45H86NO8P. The smallest absolute Gasteiger partial charge is 0.462 e. The maximum Gasteiger partial charge on any atom is 0.472 e. The first-order valence-electron chi connectivity index (χ1n) is 22.6. The number of esters is 2. The molecule has 0 heterocycles. The molecule has 55 heavy (non-hydrogen) atoms. The van der Waals surface area contributed by atoms with Crippen LogP contribution in [0.2, 0.25) is 0 Å². The van der Waals surface area contributed by atoms with E-state index in [9.17, 15) is 19.0 Å². The van der Waals surface area contributed by atoms with Crippen molar-refractivity contribution in [1.82, 2.24) is 4.90 Å². The van der Waals surface area contributed by atoms with Gasteiger partial charge in [-0.15, -0.1) is 0 Å². The second kappa shape index (κ2) is 40.7. The largest absolute Gasteiger partial charge is 0.472 e. The fourth-order valence-electron chi connectivity index (χ4n) is 6.25. The standard InChI is InChI=1S/C45H86NO8P/c1-5-7-9-11-13-15-17-19-20-21-22-23-24-26-27-29-31-33-35-37-44(47)51-41-43(42-53-55(49,50)52-40-39-46(3)4)54-45(48)38-36-34-32-30-28-25-18-16-14-12-10-8-6-2/h13,15,19-20,43H,5-12,14,16-18,21-42H2,1-4H3,(H,49,50)/b15-13-,20-19-. The van der Waals surface area contributed by atoms with E-state index in [1.165, 1.54) is 135 Å². The van der Waals surface area contributed by atoms with E-state index in [2.05, 4.69) is 38.2 Å². The van der Waals surface area contributed by atoms with Crippen LogP contribution in [-0.4, -0.2) is 68.3 Å². The molecule has 0 rings (SSSR count). The quantitative estimate of drug-likeness (QED) is 0.0279. The summed E-state index contributed by atoms with van der Waals surface area (Å²) >= 11 is 0. The van der Waals surface area contributed by atoms with Crippen LogP contribution in [0.25, 0.3) is 0 Å². The molecule has 0 aliphatic carbocycles. The molecule has 0 aromatic rings. The lowest BCUT2D eigenvalue weighted by atomic mass is 10.0. The van der Waals surface area contributed by atoms with Crippen molar-refractivity contribution in [2.24, 2.45) is 0 Å². The molecule has 0 fully saturated rings. The molecule has 9 nitrogen and oxygen atoms in total. The average Bonchev–Trinajstić information content (AvgIpc) is 3.15. The number of phosphoric acid groups is 1. The maximum absolute atomic E-state index is 12.6. The van der Waals surface area contributed by atoms with Crippen molar-refractivity contribution in [3.8, 4) is 0 Å². The Labute approximate surface area is 338 Å². The fourth-order valence-corrected chi connectivity index (χ4v) is 6.99. The molecule has 0 amide bonds. The molecule has 2 unspecified atom stereocenters. The number of ether oxygens (including phenoxy) is 2. The van der Waals surface area contributed by atoms with Crippen LogP contribution in [0.4, 0.5) is 0 Å². The van der Waals surface area contributed by atoms with Gasteiger partial charge in [-0.25, -0.2) is 4.57 Å². The van der Waals surface area contributed by atoms with E-state index in [1.807, 2.05) is 19.0 Å². The molecule has 1 N–H and O–H groups in total. The highest BCUT2D eigenvalue weighted by Crippen LogP contribution is 2.43. The number of carbonyl (C=O) groups is 2. The van der Waals surface area contributed by atoms with Crippen LogP contribution < -0.4 is 0 Å². The van der Waals surface area contributed by atoms with Gasteiger partial charge in [0.05, 0.1) is 13.2 Å². The van der Waals surface area contributed by atoms with Gasteiger partial charge in [-0.05, 0) is 59.0 Å². The second-order valence-corrected chi connectivity index (χ2v) is 17.0. The van der Waals surface area contributed by atoms with Crippen molar-refractivity contribution in [2.45, 2.75) is 213 Å². The molecule has 0 spiro atoms. The van der Waals surface area contributed by atoms with Gasteiger partial charge in [0, 0.05) is 19.4 Å². The Bertz CT molecular complexity index is 973. The average molecular weight is 800 g/mol. The zero-order valence-corrected chi connectivity index (χ0v) is 37.0. The Hall–Kier alpha value is -1.51. The summed E-state index contributed by atoms with van der Waals surface area (Å²) in [4.78, 5) is 37.0. The van der Waals surface area contributed by atoms with Crippen molar-refractivity contribution >= 4 is 19.8 Å². The van der Waals surface area contributed by atoms with Crippen LogP contribution in [0.5, 0.6) is 0 Å². The molecule has 0 aromatic carbocycles. The first kappa shape index (κ1) is 53.5. The molecule has 0 saturated heterocycles. The molecule has 0 radical (unpaired) electrons. The number of nitrogens with zero attached hydrogens (tertiary/aromatic N) is 1. The first-order chi connectivity index (χ1) is 26.7. The molecule has 324 valence electrons. The Kier molecular flexibility index (Phi) is 39.6. The van der Waals surface area contributed by atoms with Gasteiger partial charge >= 0.3 is 19.8 Å². The SMILES string of the molecule is CCCCC/C=C\C/C=C\CCCCCCCCCCCC(=O)OCC(COP(=O)(O)OCCN(C)C)OC(=O)CCCCCCCCCCCCCCC. The Morgan fingerprint density at radius 2 is 0.982 bits per heavy atom. The lowest BCUT2D eigenvalue weighted by molar-refractivity contribution is -0.161. The van der Waals surface area contributed by atoms with Gasteiger partial charge in [0.15, 0.2) is 6.10 Å². The maximum atomic E-state index is 12.6. The van der Waals surface area contributed by atoms with Gasteiger partial charge in [0.1, 0.15) is 6.61 Å². The topological polar surface area (TPSA) is 112 Å². The van der Waals surface area contributed by atoms with Gasteiger partial charge in [-0.2, -0.15) is 0 Å². The molecule has 10 heteroatoms. The molecule has 0 bridgehead atoms. The number of rotatable bonds is 42. The van der Waals surface area contributed by atoms with Crippen molar-refractivity contribution in [1.29, 1.82) is 0 Å². The summed E-state index contributed by atoms with van der Waals surface area (Å²) in [5.74, 6) is -0.800.